The van der Waals surface area contributed by atoms with Gasteiger partial charge in [-0.3, -0.25) is 4.79 Å². The number of halogens is 3. The van der Waals surface area contributed by atoms with Crippen molar-refractivity contribution in [2.24, 2.45) is 5.92 Å². The molecule has 2 aromatic rings. The maximum absolute atomic E-state index is 12.5. The van der Waals surface area contributed by atoms with Crippen LogP contribution in [-0.4, -0.2) is 70.2 Å². The third kappa shape index (κ3) is 7.57. The Morgan fingerprint density at radius 2 is 1.90 bits per heavy atom. The van der Waals surface area contributed by atoms with E-state index in [4.69, 9.17) is 0 Å². The first kappa shape index (κ1) is 23.0. The normalized spacial score (nSPS) is 15.8. The van der Waals surface area contributed by atoms with Crippen LogP contribution in [0.15, 0.2) is 36.8 Å². The van der Waals surface area contributed by atoms with E-state index in [2.05, 4.69) is 28.5 Å². The molecule has 1 amide bonds. The van der Waals surface area contributed by atoms with E-state index in [1.54, 1.807) is 0 Å². The fourth-order valence-corrected chi connectivity index (χ4v) is 4.48. The van der Waals surface area contributed by atoms with Crippen LogP contribution in [0.3, 0.4) is 0 Å². The zero-order valence-electron chi connectivity index (χ0n) is 16.6. The summed E-state index contributed by atoms with van der Waals surface area (Å²) in [5.41, 5.74) is 1.63. The first-order valence-electron chi connectivity index (χ1n) is 9.95. The molecule has 0 aliphatic carbocycles. The van der Waals surface area contributed by atoms with Crippen molar-refractivity contribution < 1.29 is 22.7 Å². The van der Waals surface area contributed by atoms with Gasteiger partial charge >= 0.3 is 126 Å². The second-order valence-corrected chi connectivity index (χ2v) is 9.76. The number of unbranched alkanes of at least 4 members (excludes halogenated alkanes) is 1. The topological polar surface area (TPSA) is 59.4 Å². The molecule has 1 aliphatic heterocycles. The second-order valence-electron chi connectivity index (χ2n) is 7.45. The Hall–Kier alpha value is -1.63. The Kier molecular flexibility index (Phi) is 8.14. The van der Waals surface area contributed by atoms with E-state index >= 15 is 0 Å². The number of carbonyl (C=O) groups excluding carboxylic acids is 1. The molecular weight excluding hydrogens is 590 g/mol. The molecule has 10 heteroatoms. The minimum atomic E-state index is -4.72. The van der Waals surface area contributed by atoms with Crippen LogP contribution in [0.4, 0.5) is 18.9 Å². The van der Waals surface area contributed by atoms with Crippen LogP contribution in [-0.2, 0) is 11.2 Å². The predicted molar refractivity (Wildman–Crippen MR) is 107 cm³/mol. The van der Waals surface area contributed by atoms with Gasteiger partial charge in [0.15, 0.2) is 0 Å². The molecule has 2 heterocycles. The van der Waals surface area contributed by atoms with Crippen LogP contribution in [0.5, 0.6) is 5.75 Å². The van der Waals surface area contributed by atoms with E-state index in [9.17, 15) is 18.0 Å². The van der Waals surface area contributed by atoms with Crippen molar-refractivity contribution in [3.8, 4) is 5.75 Å². The van der Waals surface area contributed by atoms with Crippen molar-refractivity contribution in [3.05, 3.63) is 42.5 Å². The Balaban J connectivity index is 1.34. The number of aryl methyl sites for hydroxylation is 1. The Morgan fingerprint density at radius 1 is 1.20 bits per heavy atom. The Labute approximate surface area is 189 Å². The predicted octanol–water partition coefficient (Wildman–Crippen LogP) is 3.39. The van der Waals surface area contributed by atoms with Crippen LogP contribution < -0.4 is 10.1 Å². The van der Waals surface area contributed by atoms with Gasteiger partial charge in [0.1, 0.15) is 5.75 Å². The summed E-state index contributed by atoms with van der Waals surface area (Å²) < 4.78 is 42.6. The molecule has 1 aromatic carbocycles. The summed E-state index contributed by atoms with van der Waals surface area (Å²) in [5, 5.41) is 2.79. The first-order valence-corrected chi connectivity index (χ1v) is 12.0. The van der Waals surface area contributed by atoms with Crippen LogP contribution in [0, 0.1) is 5.92 Å². The van der Waals surface area contributed by atoms with Gasteiger partial charge in [0, 0.05) is 5.69 Å². The third-order valence-corrected chi connectivity index (χ3v) is 6.22. The number of nitrogens with one attached hydrogen (secondary N) is 1. The number of rotatable bonds is 8. The summed E-state index contributed by atoms with van der Waals surface area (Å²) in [6.07, 6.45) is 4.08. The number of hydrogen-bond donors (Lipinski definition) is 1. The number of alkyl halides is 3. The molecule has 1 N–H and O–H groups in total. The fourth-order valence-electron chi connectivity index (χ4n) is 3.55. The van der Waals surface area contributed by atoms with Crippen molar-refractivity contribution >= 4 is 37.7 Å². The van der Waals surface area contributed by atoms with E-state index in [1.807, 2.05) is 6.33 Å². The first-order chi connectivity index (χ1) is 14.3. The summed E-state index contributed by atoms with van der Waals surface area (Å²) >= 11 is 0.762. The van der Waals surface area contributed by atoms with E-state index in [1.165, 1.54) is 24.3 Å². The zero-order valence-corrected chi connectivity index (χ0v) is 21.1. The van der Waals surface area contributed by atoms with Gasteiger partial charge in [0.25, 0.3) is 0 Å². The number of imidazole rings is 1. The Bertz CT molecular complexity index is 818. The molecule has 30 heavy (non-hydrogen) atoms. The van der Waals surface area contributed by atoms with Crippen molar-refractivity contribution in [2.45, 2.75) is 38.5 Å². The van der Waals surface area contributed by atoms with Crippen molar-refractivity contribution in [1.82, 2.24) is 12.3 Å². The number of amides is 1. The van der Waals surface area contributed by atoms with Gasteiger partial charge in [-0.1, -0.05) is 0 Å². The number of hydrogen-bond acceptors (Lipinski definition) is 4. The molecule has 0 radical (unpaired) electrons. The SMILES string of the molecule is O=C(Nc1ccc(OC(F)(F)F)cc1)C1CCN(CCCCc2c[n]([Tl])cn2)CC1. The molecule has 0 spiro atoms. The number of ether oxygens (including phenoxy) is 1. The number of aromatic nitrogens is 2. The molecule has 1 fully saturated rings. The molecule has 0 atom stereocenters. The standard InChI is InChI=1S/C20H25F3N4O2.Tl/c21-20(22,23)29-18-6-4-16(5-7-18)26-19(28)15-8-11-27(12-9-15)10-2-1-3-17-13-24-14-25-17;/h4-7,13-15H,1-3,8-12H2,(H2,24,25,26,28);/q;+1/p-1. The van der Waals surface area contributed by atoms with Gasteiger partial charge in [0.2, 0.25) is 0 Å². The molecule has 1 saturated heterocycles. The maximum atomic E-state index is 12.5. The van der Waals surface area contributed by atoms with Crippen LogP contribution in [0.25, 0.3) is 0 Å². The number of anilines is 1. The second kappa shape index (κ2) is 10.6. The molecule has 0 saturated carbocycles. The molecule has 160 valence electrons. The zero-order chi connectivity index (χ0) is 21.6. The van der Waals surface area contributed by atoms with Crippen molar-refractivity contribution in [2.75, 3.05) is 25.0 Å². The molecule has 1 aliphatic rings. The van der Waals surface area contributed by atoms with Crippen molar-refractivity contribution in [3.63, 3.8) is 0 Å². The van der Waals surface area contributed by atoms with Gasteiger partial charge in [-0.2, -0.15) is 0 Å². The average Bonchev–Trinajstić information content (AvgIpc) is 3.11. The van der Waals surface area contributed by atoms with E-state index < -0.39 is 6.36 Å². The monoisotopic (exact) mass is 614 g/mol. The van der Waals surface area contributed by atoms with Gasteiger partial charge in [-0.15, -0.1) is 13.2 Å². The number of carbonyl (C=O) groups is 1. The van der Waals surface area contributed by atoms with Crippen molar-refractivity contribution in [1.29, 1.82) is 0 Å². The number of piperidine rings is 1. The summed E-state index contributed by atoms with van der Waals surface area (Å²) in [5.74, 6) is -0.469. The summed E-state index contributed by atoms with van der Waals surface area (Å²) in [7, 11) is 0. The molecule has 0 bridgehead atoms. The molecule has 3 rings (SSSR count). The van der Waals surface area contributed by atoms with Crippen LogP contribution in [0.1, 0.15) is 31.4 Å². The van der Waals surface area contributed by atoms with Crippen LogP contribution >= 0.6 is 0 Å². The van der Waals surface area contributed by atoms with Gasteiger partial charge in [-0.05, 0) is 24.3 Å². The molecular formula is C20H24F3N4O2Tl. The molecule has 0 unspecified atom stereocenters. The Morgan fingerprint density at radius 3 is 2.50 bits per heavy atom. The van der Waals surface area contributed by atoms with E-state index in [0.29, 0.717) is 5.69 Å². The summed E-state index contributed by atoms with van der Waals surface area (Å²) in [4.78, 5) is 19.2. The molecule has 1 aromatic heterocycles. The third-order valence-electron chi connectivity index (χ3n) is 5.13. The minimum absolute atomic E-state index is 0.0779. The summed E-state index contributed by atoms with van der Waals surface area (Å²) in [6.45, 7) is 2.79. The van der Waals surface area contributed by atoms with Gasteiger partial charge in [-0.25, -0.2) is 0 Å². The van der Waals surface area contributed by atoms with Crippen LogP contribution in [0.2, 0.25) is 0 Å². The number of nitrogens with zero attached hydrogens (tertiary/aromatic N) is 3. The molecule has 6 nitrogen and oxygen atoms in total. The van der Waals surface area contributed by atoms with Gasteiger partial charge < -0.3 is 10.1 Å². The summed E-state index contributed by atoms with van der Waals surface area (Å²) in [6, 6.07) is 5.22. The average molecular weight is 614 g/mol. The van der Waals surface area contributed by atoms with Gasteiger partial charge in [0.05, 0.1) is 0 Å². The number of benzene rings is 1. The fraction of sp³-hybridized carbons (Fsp3) is 0.500. The number of likely N-dealkylation sites (tertiary alicyclic amines) is 1. The van der Waals surface area contributed by atoms with E-state index in [-0.39, 0.29) is 17.6 Å². The van der Waals surface area contributed by atoms with E-state index in [0.717, 1.165) is 83.5 Å². The quantitative estimate of drug-likeness (QED) is 0.367.